The number of amides is 1. The number of carboxylic acid groups (broad SMARTS) is 1. The van der Waals surface area contributed by atoms with Crippen LogP contribution >= 0.6 is 0 Å². The van der Waals surface area contributed by atoms with E-state index >= 15 is 0 Å². The van der Waals surface area contributed by atoms with Crippen LogP contribution in [0.2, 0.25) is 0 Å². The van der Waals surface area contributed by atoms with E-state index in [1.54, 1.807) is 24.4 Å². The summed E-state index contributed by atoms with van der Waals surface area (Å²) < 4.78 is 67.2. The number of fused-ring (bicyclic) bond motifs is 1. The number of ether oxygens (including phenoxy) is 2. The van der Waals surface area contributed by atoms with Gasteiger partial charge in [-0.2, -0.15) is 13.2 Å². The summed E-state index contributed by atoms with van der Waals surface area (Å²) in [6, 6.07) is 25.2. The lowest BCUT2D eigenvalue weighted by molar-refractivity contribution is -0.286. The molecular weight excluding hydrogens is 591 g/mol. The SMILES string of the molecule is O=C(Nc1ccc2c(c1)OC(F)(F)O2)c1ccccc1NCc1ccnc(NCCc2ccccc2)c1.O=C(O)C(F)(F)F. The lowest BCUT2D eigenvalue weighted by Crippen LogP contribution is -2.25. The maximum atomic E-state index is 13.3. The lowest BCUT2D eigenvalue weighted by Gasteiger charge is -2.13. The molecule has 0 fully saturated rings. The zero-order valence-corrected chi connectivity index (χ0v) is 22.7. The number of nitrogens with one attached hydrogen (secondary N) is 3. The molecule has 0 bridgehead atoms. The standard InChI is InChI=1S/C28H24F2N4O3.C2HF3O2/c29-28(30)36-24-11-10-21(17-25(24)37-28)34-27(35)22-8-4-5-9-23(22)33-18-20-13-15-32-26(16-20)31-14-12-19-6-2-1-3-7-19;3-2(4,5)1(6)7/h1-11,13,15-17,33H,12,14,18H2,(H,31,32)(H,34,35);(H,6,7). The van der Waals surface area contributed by atoms with Crippen molar-refractivity contribution in [1.82, 2.24) is 4.98 Å². The highest BCUT2D eigenvalue weighted by Crippen LogP contribution is 2.42. The van der Waals surface area contributed by atoms with Crippen LogP contribution in [0.4, 0.5) is 39.1 Å². The van der Waals surface area contributed by atoms with Crippen molar-refractivity contribution in [3.63, 3.8) is 0 Å². The molecule has 4 N–H and O–H groups in total. The van der Waals surface area contributed by atoms with E-state index in [2.05, 4.69) is 42.5 Å². The minimum atomic E-state index is -5.08. The third-order valence-corrected chi connectivity index (χ3v) is 5.94. The molecule has 0 aliphatic carbocycles. The Morgan fingerprint density at radius 1 is 0.841 bits per heavy atom. The predicted molar refractivity (Wildman–Crippen MR) is 151 cm³/mol. The minimum absolute atomic E-state index is 0.0867. The minimum Gasteiger partial charge on any atom is -0.475 e. The molecule has 0 spiro atoms. The van der Waals surface area contributed by atoms with Crippen LogP contribution < -0.4 is 25.4 Å². The van der Waals surface area contributed by atoms with E-state index in [-0.39, 0.29) is 11.5 Å². The lowest BCUT2D eigenvalue weighted by atomic mass is 10.1. The normalized spacial score (nSPS) is 12.8. The van der Waals surface area contributed by atoms with Gasteiger partial charge in [-0.3, -0.25) is 4.79 Å². The molecule has 5 rings (SSSR count). The number of aromatic nitrogens is 1. The zero-order valence-electron chi connectivity index (χ0n) is 22.7. The second-order valence-electron chi connectivity index (χ2n) is 9.20. The number of halogens is 5. The van der Waals surface area contributed by atoms with Gasteiger partial charge in [0, 0.05) is 36.7 Å². The van der Waals surface area contributed by atoms with Gasteiger partial charge >= 0.3 is 18.4 Å². The van der Waals surface area contributed by atoms with Crippen molar-refractivity contribution in [3.05, 3.63) is 108 Å². The van der Waals surface area contributed by atoms with Crippen LogP contribution in [0.1, 0.15) is 21.5 Å². The monoisotopic (exact) mass is 616 g/mol. The molecule has 1 aliphatic heterocycles. The molecule has 2 heterocycles. The topological polar surface area (TPSA) is 122 Å². The number of carboxylic acids is 1. The second-order valence-corrected chi connectivity index (χ2v) is 9.20. The third-order valence-electron chi connectivity index (χ3n) is 5.94. The maximum absolute atomic E-state index is 13.3. The van der Waals surface area contributed by atoms with Crippen LogP contribution in [0.5, 0.6) is 11.5 Å². The van der Waals surface area contributed by atoms with Crippen LogP contribution in [0, 0.1) is 0 Å². The predicted octanol–water partition coefficient (Wildman–Crippen LogP) is 6.56. The van der Waals surface area contributed by atoms with Crippen LogP contribution in [0.15, 0.2) is 91.1 Å². The number of rotatable bonds is 9. The van der Waals surface area contributed by atoms with Gasteiger partial charge in [-0.05, 0) is 53.9 Å². The van der Waals surface area contributed by atoms with Gasteiger partial charge in [0.1, 0.15) is 5.82 Å². The van der Waals surface area contributed by atoms with E-state index in [1.165, 1.54) is 23.8 Å². The Morgan fingerprint density at radius 3 is 2.25 bits per heavy atom. The van der Waals surface area contributed by atoms with Crippen LogP contribution in [-0.4, -0.2) is 41.0 Å². The molecule has 44 heavy (non-hydrogen) atoms. The third kappa shape index (κ3) is 9.05. The summed E-state index contributed by atoms with van der Waals surface area (Å²) in [5.41, 5.74) is 3.58. The summed E-state index contributed by atoms with van der Waals surface area (Å²) in [6.07, 6.45) is -6.17. The van der Waals surface area contributed by atoms with Gasteiger partial charge in [-0.1, -0.05) is 42.5 Å². The Balaban J connectivity index is 0.000000566. The highest BCUT2D eigenvalue weighted by Gasteiger charge is 2.43. The van der Waals surface area contributed by atoms with E-state index < -0.39 is 24.3 Å². The number of aliphatic carboxylic acids is 1. The molecule has 0 unspecified atom stereocenters. The Hall–Kier alpha value is -5.40. The number of carbonyl (C=O) groups is 2. The first-order chi connectivity index (χ1) is 20.9. The number of nitrogens with zero attached hydrogens (tertiary/aromatic N) is 1. The average molecular weight is 617 g/mol. The Bertz CT molecular complexity index is 1600. The number of benzene rings is 3. The maximum Gasteiger partial charge on any atom is 0.586 e. The van der Waals surface area contributed by atoms with Crippen molar-refractivity contribution >= 4 is 29.1 Å². The highest BCUT2D eigenvalue weighted by atomic mass is 19.4. The van der Waals surface area contributed by atoms with E-state index in [1.807, 2.05) is 36.4 Å². The van der Waals surface area contributed by atoms with Gasteiger partial charge in [0.25, 0.3) is 5.91 Å². The molecule has 4 aromatic rings. The number of carbonyl (C=O) groups excluding carboxylic acids is 1. The number of para-hydroxylation sites is 1. The number of hydrogen-bond acceptors (Lipinski definition) is 7. The van der Waals surface area contributed by atoms with E-state index in [0.29, 0.717) is 23.5 Å². The van der Waals surface area contributed by atoms with Crippen LogP contribution in [0.25, 0.3) is 0 Å². The number of alkyl halides is 5. The number of anilines is 3. The summed E-state index contributed by atoms with van der Waals surface area (Å²) in [4.78, 5) is 26.3. The first kappa shape index (κ1) is 31.5. The molecular formula is C30H25F5N4O5. The fourth-order valence-corrected chi connectivity index (χ4v) is 3.92. The fourth-order valence-electron chi connectivity index (χ4n) is 3.92. The van der Waals surface area contributed by atoms with Crippen molar-refractivity contribution in [2.75, 3.05) is 22.5 Å². The van der Waals surface area contributed by atoms with Gasteiger partial charge in [-0.25, -0.2) is 9.78 Å². The molecule has 3 aromatic carbocycles. The molecule has 14 heteroatoms. The Kier molecular flexibility index (Phi) is 9.83. The van der Waals surface area contributed by atoms with Gasteiger partial charge in [0.2, 0.25) is 0 Å². The van der Waals surface area contributed by atoms with Gasteiger partial charge in [-0.15, -0.1) is 8.78 Å². The fraction of sp³-hybridized carbons (Fsp3) is 0.167. The highest BCUT2D eigenvalue weighted by molar-refractivity contribution is 6.08. The van der Waals surface area contributed by atoms with Crippen molar-refractivity contribution < 1.29 is 46.1 Å². The number of pyridine rings is 1. The van der Waals surface area contributed by atoms with Crippen LogP contribution in [-0.2, 0) is 17.8 Å². The first-order valence-electron chi connectivity index (χ1n) is 13.0. The van der Waals surface area contributed by atoms with Gasteiger partial charge in [0.05, 0.1) is 5.56 Å². The molecule has 230 valence electrons. The molecule has 0 radical (unpaired) electrons. The molecule has 1 amide bonds. The smallest absolute Gasteiger partial charge is 0.475 e. The average Bonchev–Trinajstić information content (AvgIpc) is 3.30. The first-order valence-corrected chi connectivity index (χ1v) is 13.0. The van der Waals surface area contributed by atoms with Gasteiger partial charge < -0.3 is 30.5 Å². The van der Waals surface area contributed by atoms with Gasteiger partial charge in [0.15, 0.2) is 11.5 Å². The Morgan fingerprint density at radius 2 is 1.52 bits per heavy atom. The van der Waals surface area contributed by atoms with E-state index in [4.69, 9.17) is 9.90 Å². The summed E-state index contributed by atoms with van der Waals surface area (Å²) in [7, 11) is 0. The van der Waals surface area contributed by atoms with Crippen molar-refractivity contribution in [3.8, 4) is 11.5 Å². The van der Waals surface area contributed by atoms with Crippen molar-refractivity contribution in [2.45, 2.75) is 25.4 Å². The summed E-state index contributed by atoms with van der Waals surface area (Å²) >= 11 is 0. The molecule has 0 atom stereocenters. The number of hydrogen-bond donors (Lipinski definition) is 4. The quantitative estimate of drug-likeness (QED) is 0.156. The zero-order chi connectivity index (χ0) is 31.7. The molecule has 9 nitrogen and oxygen atoms in total. The molecule has 0 saturated heterocycles. The summed E-state index contributed by atoms with van der Waals surface area (Å²) in [6.45, 7) is 1.23. The van der Waals surface area contributed by atoms with E-state index in [0.717, 1.165) is 24.3 Å². The Labute approximate surface area is 247 Å². The molecule has 1 aromatic heterocycles. The summed E-state index contributed by atoms with van der Waals surface area (Å²) in [5.74, 6) is -2.61. The van der Waals surface area contributed by atoms with Crippen molar-refractivity contribution in [2.24, 2.45) is 0 Å². The summed E-state index contributed by atoms with van der Waals surface area (Å²) in [5, 5.41) is 16.5. The molecule has 0 saturated carbocycles. The molecule has 1 aliphatic rings. The van der Waals surface area contributed by atoms with E-state index in [9.17, 15) is 26.7 Å². The van der Waals surface area contributed by atoms with Crippen molar-refractivity contribution in [1.29, 1.82) is 0 Å². The van der Waals surface area contributed by atoms with Crippen LogP contribution in [0.3, 0.4) is 0 Å². The largest absolute Gasteiger partial charge is 0.586 e. The second kappa shape index (κ2) is 13.7.